The third-order valence-corrected chi connectivity index (χ3v) is 2.05. The molecule has 4 nitrogen and oxygen atoms in total. The Morgan fingerprint density at radius 1 is 1.19 bits per heavy atom. The summed E-state index contributed by atoms with van der Waals surface area (Å²) in [5, 5.41) is 16.1. The van der Waals surface area contributed by atoms with Crippen LogP contribution in [0.5, 0.6) is 0 Å². The number of hydrogen-bond donors (Lipinski definition) is 3. The normalized spacial score (nSPS) is 9.81. The van der Waals surface area contributed by atoms with Crippen LogP contribution in [-0.2, 0) is 4.79 Å². The summed E-state index contributed by atoms with van der Waals surface area (Å²) in [5.41, 5.74) is 4.78. The van der Waals surface area contributed by atoms with Gasteiger partial charge in [-0.3, -0.25) is 4.79 Å². The van der Waals surface area contributed by atoms with E-state index in [1.807, 2.05) is 0 Å². The molecule has 0 aromatic rings. The highest BCUT2D eigenvalue weighted by Gasteiger charge is 1.97. The lowest BCUT2D eigenvalue weighted by atomic mass is 10.0. The minimum Gasteiger partial charge on any atom is -0.481 e. The zero-order valence-electron chi connectivity index (χ0n) is 10.6. The summed E-state index contributed by atoms with van der Waals surface area (Å²) in [7, 11) is 0. The second-order valence-electron chi connectivity index (χ2n) is 4.25. The van der Waals surface area contributed by atoms with Gasteiger partial charge in [0.15, 0.2) is 0 Å². The van der Waals surface area contributed by atoms with Crippen LogP contribution >= 0.6 is 0 Å². The van der Waals surface area contributed by atoms with E-state index >= 15 is 0 Å². The van der Waals surface area contributed by atoms with Crippen molar-refractivity contribution < 1.29 is 15.0 Å². The van der Waals surface area contributed by atoms with Gasteiger partial charge in [-0.05, 0) is 12.3 Å². The number of rotatable bonds is 8. The average molecular weight is 233 g/mol. The van der Waals surface area contributed by atoms with E-state index in [9.17, 15) is 4.79 Å². The quantitative estimate of drug-likeness (QED) is 0.560. The number of nitrogens with two attached hydrogens (primary N) is 1. The first kappa shape index (κ1) is 17.8. The molecule has 0 unspecified atom stereocenters. The maximum Gasteiger partial charge on any atom is 0.303 e. The van der Waals surface area contributed by atoms with E-state index in [1.54, 1.807) is 0 Å². The van der Waals surface area contributed by atoms with Crippen molar-refractivity contribution >= 4 is 5.97 Å². The molecule has 0 bridgehead atoms. The van der Waals surface area contributed by atoms with Crippen LogP contribution in [0, 0.1) is 5.92 Å². The van der Waals surface area contributed by atoms with Crippen LogP contribution in [0.3, 0.4) is 0 Å². The van der Waals surface area contributed by atoms with Gasteiger partial charge in [0.25, 0.3) is 0 Å². The van der Waals surface area contributed by atoms with Crippen molar-refractivity contribution in [2.75, 3.05) is 13.2 Å². The fraction of sp³-hybridized carbons (Fsp3) is 0.917. The van der Waals surface area contributed by atoms with Crippen molar-refractivity contribution in [3.05, 3.63) is 0 Å². The molecular weight excluding hydrogens is 206 g/mol. The number of carboxylic acids is 1. The van der Waals surface area contributed by atoms with E-state index in [2.05, 4.69) is 13.8 Å². The number of carbonyl (C=O) groups is 1. The molecule has 0 atom stereocenters. The van der Waals surface area contributed by atoms with E-state index in [4.69, 9.17) is 15.9 Å². The third-order valence-electron chi connectivity index (χ3n) is 2.05. The van der Waals surface area contributed by atoms with Crippen molar-refractivity contribution in [3.63, 3.8) is 0 Å². The number of aliphatic hydroxyl groups is 1. The number of aliphatic hydroxyl groups excluding tert-OH is 1. The van der Waals surface area contributed by atoms with Crippen molar-refractivity contribution in [2.45, 2.75) is 52.4 Å². The van der Waals surface area contributed by atoms with Crippen molar-refractivity contribution in [2.24, 2.45) is 11.7 Å². The van der Waals surface area contributed by atoms with Gasteiger partial charge in [-0.15, -0.1) is 0 Å². The fourth-order valence-electron chi connectivity index (χ4n) is 1.18. The molecular formula is C12H27NO3. The molecule has 4 heteroatoms. The van der Waals surface area contributed by atoms with Crippen LogP contribution in [-0.4, -0.2) is 29.3 Å². The van der Waals surface area contributed by atoms with Gasteiger partial charge in [0.2, 0.25) is 0 Å². The van der Waals surface area contributed by atoms with Gasteiger partial charge >= 0.3 is 5.97 Å². The fourth-order valence-corrected chi connectivity index (χ4v) is 1.18. The maximum absolute atomic E-state index is 10.1. The Hall–Kier alpha value is -0.610. The molecule has 0 spiro atoms. The highest BCUT2D eigenvalue weighted by molar-refractivity contribution is 5.66. The molecule has 16 heavy (non-hydrogen) atoms. The molecule has 0 radical (unpaired) electrons. The summed E-state index contributed by atoms with van der Waals surface area (Å²) in [6.45, 7) is 4.91. The van der Waals surface area contributed by atoms with Crippen molar-refractivity contribution in [3.8, 4) is 0 Å². The van der Waals surface area contributed by atoms with Gasteiger partial charge < -0.3 is 15.9 Å². The lowest BCUT2D eigenvalue weighted by Gasteiger charge is -2.02. The zero-order chi connectivity index (χ0) is 12.8. The SMILES string of the molecule is CC(C)CCCCCCC(=O)O.NCCO. The van der Waals surface area contributed by atoms with Gasteiger partial charge in [0, 0.05) is 13.0 Å². The summed E-state index contributed by atoms with van der Waals surface area (Å²) in [5.74, 6) is 0.114. The smallest absolute Gasteiger partial charge is 0.303 e. The molecule has 0 aliphatic rings. The third kappa shape index (κ3) is 23.3. The van der Waals surface area contributed by atoms with Gasteiger partial charge in [0.05, 0.1) is 6.61 Å². The Morgan fingerprint density at radius 2 is 1.69 bits per heavy atom. The number of carboxylic acid groups (broad SMARTS) is 1. The van der Waals surface area contributed by atoms with E-state index in [0.29, 0.717) is 13.0 Å². The van der Waals surface area contributed by atoms with E-state index in [0.717, 1.165) is 18.8 Å². The van der Waals surface area contributed by atoms with Crippen LogP contribution in [0.4, 0.5) is 0 Å². The molecule has 0 heterocycles. The van der Waals surface area contributed by atoms with Crippen LogP contribution < -0.4 is 5.73 Å². The minimum atomic E-state index is -0.668. The Labute approximate surface area is 98.8 Å². The molecule has 0 aliphatic carbocycles. The summed E-state index contributed by atoms with van der Waals surface area (Å²) >= 11 is 0. The largest absolute Gasteiger partial charge is 0.481 e. The molecule has 0 rings (SSSR count). The van der Waals surface area contributed by atoms with Gasteiger partial charge in [-0.1, -0.05) is 39.5 Å². The lowest BCUT2D eigenvalue weighted by molar-refractivity contribution is -0.137. The first-order valence-electron chi connectivity index (χ1n) is 6.07. The number of hydrogen-bond acceptors (Lipinski definition) is 3. The summed E-state index contributed by atoms with van der Waals surface area (Å²) in [6, 6.07) is 0. The maximum atomic E-state index is 10.1. The van der Waals surface area contributed by atoms with Crippen LogP contribution in [0.2, 0.25) is 0 Å². The number of unbranched alkanes of at least 4 members (excludes halogenated alkanes) is 3. The molecule has 0 amide bonds. The number of aliphatic carboxylic acids is 1. The van der Waals surface area contributed by atoms with Crippen LogP contribution in [0.15, 0.2) is 0 Å². The standard InChI is InChI=1S/C10H20O2.C2H7NO/c1-9(2)7-5-3-4-6-8-10(11)12;3-1-2-4/h9H,3-8H2,1-2H3,(H,11,12);4H,1-3H2. The van der Waals surface area contributed by atoms with E-state index in [-0.39, 0.29) is 6.61 Å². The van der Waals surface area contributed by atoms with E-state index < -0.39 is 5.97 Å². The first-order valence-corrected chi connectivity index (χ1v) is 6.07. The molecule has 0 saturated heterocycles. The van der Waals surface area contributed by atoms with Gasteiger partial charge in [0.1, 0.15) is 0 Å². The van der Waals surface area contributed by atoms with E-state index in [1.165, 1.54) is 19.3 Å². The summed E-state index contributed by atoms with van der Waals surface area (Å²) in [4.78, 5) is 10.1. The molecule has 0 fully saturated rings. The highest BCUT2D eigenvalue weighted by Crippen LogP contribution is 2.10. The Kier molecular flexibility index (Phi) is 16.0. The molecule has 0 aromatic carbocycles. The molecule has 98 valence electrons. The Bertz CT molecular complexity index is 147. The minimum absolute atomic E-state index is 0.0972. The molecule has 0 saturated carbocycles. The van der Waals surface area contributed by atoms with Crippen LogP contribution in [0.25, 0.3) is 0 Å². The zero-order valence-corrected chi connectivity index (χ0v) is 10.6. The predicted molar refractivity (Wildman–Crippen MR) is 66.3 cm³/mol. The van der Waals surface area contributed by atoms with Gasteiger partial charge in [-0.25, -0.2) is 0 Å². The average Bonchev–Trinajstić information content (AvgIpc) is 2.23. The second-order valence-corrected chi connectivity index (χ2v) is 4.25. The molecule has 0 aromatic heterocycles. The predicted octanol–water partition coefficient (Wildman–Crippen LogP) is 2.01. The first-order chi connectivity index (χ1) is 7.54. The summed E-state index contributed by atoms with van der Waals surface area (Å²) in [6.07, 6.45) is 5.95. The monoisotopic (exact) mass is 233 g/mol. The highest BCUT2D eigenvalue weighted by atomic mass is 16.4. The molecule has 0 aliphatic heterocycles. The Morgan fingerprint density at radius 3 is 2.06 bits per heavy atom. The molecule has 4 N–H and O–H groups in total. The van der Waals surface area contributed by atoms with Gasteiger partial charge in [-0.2, -0.15) is 0 Å². The lowest BCUT2D eigenvalue weighted by Crippen LogP contribution is -2.02. The van der Waals surface area contributed by atoms with Crippen molar-refractivity contribution in [1.82, 2.24) is 0 Å². The Balaban J connectivity index is 0. The second kappa shape index (κ2) is 14.4. The van der Waals surface area contributed by atoms with Crippen molar-refractivity contribution in [1.29, 1.82) is 0 Å². The topological polar surface area (TPSA) is 83.5 Å². The summed E-state index contributed by atoms with van der Waals surface area (Å²) < 4.78 is 0. The van der Waals surface area contributed by atoms with Crippen LogP contribution in [0.1, 0.15) is 52.4 Å².